The van der Waals surface area contributed by atoms with Crippen molar-refractivity contribution >= 4 is 0 Å². The Labute approximate surface area is 89.6 Å². The van der Waals surface area contributed by atoms with Crippen LogP contribution in [0.15, 0.2) is 24.5 Å². The molecule has 0 unspecified atom stereocenters. The van der Waals surface area contributed by atoms with E-state index in [1.807, 2.05) is 26.1 Å². The Morgan fingerprint density at radius 3 is 2.73 bits per heavy atom. The van der Waals surface area contributed by atoms with Gasteiger partial charge in [0, 0.05) is 18.0 Å². The molecule has 4 nitrogen and oxygen atoms in total. The predicted molar refractivity (Wildman–Crippen MR) is 56.3 cm³/mol. The highest BCUT2D eigenvalue weighted by atomic mass is 16.7. The molecule has 1 fully saturated rings. The van der Waals surface area contributed by atoms with Gasteiger partial charge in [0.15, 0.2) is 5.79 Å². The quantitative estimate of drug-likeness (QED) is 0.784. The van der Waals surface area contributed by atoms with Crippen LogP contribution in [0, 0.1) is 0 Å². The molecule has 1 aromatic rings. The highest BCUT2D eigenvalue weighted by molar-refractivity contribution is 5.15. The second-order valence-electron chi connectivity index (χ2n) is 3.80. The molecule has 1 aliphatic rings. The van der Waals surface area contributed by atoms with E-state index in [4.69, 9.17) is 9.47 Å². The first-order chi connectivity index (χ1) is 7.24. The third kappa shape index (κ3) is 2.17. The van der Waals surface area contributed by atoms with Gasteiger partial charge in [-0.15, -0.1) is 0 Å². The Morgan fingerprint density at radius 2 is 2.20 bits per heavy atom. The number of aromatic nitrogens is 1. The summed E-state index contributed by atoms with van der Waals surface area (Å²) < 4.78 is 11.5. The number of ether oxygens (including phenoxy) is 2. The SMILES string of the molecule is CNC1COC(C)(c2cccnc2)OC1. The lowest BCUT2D eigenvalue weighted by Crippen LogP contribution is -2.47. The number of nitrogens with one attached hydrogen (secondary N) is 1. The summed E-state index contributed by atoms with van der Waals surface area (Å²) in [6.07, 6.45) is 3.52. The summed E-state index contributed by atoms with van der Waals surface area (Å²) in [7, 11) is 1.91. The van der Waals surface area contributed by atoms with Gasteiger partial charge in [-0.25, -0.2) is 0 Å². The van der Waals surface area contributed by atoms with Gasteiger partial charge in [-0.05, 0) is 20.0 Å². The highest BCUT2D eigenvalue weighted by Crippen LogP contribution is 2.29. The molecule has 0 bridgehead atoms. The topological polar surface area (TPSA) is 43.4 Å². The van der Waals surface area contributed by atoms with Crippen molar-refractivity contribution in [1.29, 1.82) is 0 Å². The number of nitrogens with zero attached hydrogens (tertiary/aromatic N) is 1. The van der Waals surface area contributed by atoms with Gasteiger partial charge in [0.05, 0.1) is 19.3 Å². The van der Waals surface area contributed by atoms with Crippen LogP contribution in [0.5, 0.6) is 0 Å². The number of pyridine rings is 1. The van der Waals surface area contributed by atoms with Crippen LogP contribution in [0.3, 0.4) is 0 Å². The Balaban J connectivity index is 2.10. The van der Waals surface area contributed by atoms with Crippen LogP contribution in [-0.4, -0.2) is 31.3 Å². The van der Waals surface area contributed by atoms with E-state index in [0.717, 1.165) is 5.56 Å². The standard InChI is InChI=1S/C11H16N2O2/c1-11(9-4-3-5-13-6-9)14-7-10(12-2)8-15-11/h3-6,10,12H,7-8H2,1-2H3. The zero-order chi connectivity index (χ0) is 10.7. The van der Waals surface area contributed by atoms with Crippen molar-refractivity contribution < 1.29 is 9.47 Å². The summed E-state index contributed by atoms with van der Waals surface area (Å²) in [4.78, 5) is 4.07. The summed E-state index contributed by atoms with van der Waals surface area (Å²) in [5, 5.41) is 3.13. The van der Waals surface area contributed by atoms with Crippen LogP contribution < -0.4 is 5.32 Å². The van der Waals surface area contributed by atoms with Crippen LogP contribution in [0.1, 0.15) is 12.5 Å². The van der Waals surface area contributed by atoms with E-state index in [-0.39, 0.29) is 6.04 Å². The van der Waals surface area contributed by atoms with Gasteiger partial charge in [-0.1, -0.05) is 6.07 Å². The maximum atomic E-state index is 5.73. The molecule has 0 atom stereocenters. The van der Waals surface area contributed by atoms with Crippen LogP contribution in [-0.2, 0) is 15.3 Å². The minimum Gasteiger partial charge on any atom is -0.344 e. The van der Waals surface area contributed by atoms with E-state index in [2.05, 4.69) is 10.3 Å². The third-order valence-corrected chi connectivity index (χ3v) is 2.71. The Hall–Kier alpha value is -0.970. The van der Waals surface area contributed by atoms with Crippen molar-refractivity contribution in [3.8, 4) is 0 Å². The van der Waals surface area contributed by atoms with Crippen LogP contribution in [0.4, 0.5) is 0 Å². The van der Waals surface area contributed by atoms with Gasteiger partial charge < -0.3 is 14.8 Å². The maximum absolute atomic E-state index is 5.73. The molecule has 1 aliphatic heterocycles. The second-order valence-corrected chi connectivity index (χ2v) is 3.80. The molecule has 0 aromatic carbocycles. The van der Waals surface area contributed by atoms with Crippen molar-refractivity contribution in [2.24, 2.45) is 0 Å². The molecule has 1 N–H and O–H groups in total. The van der Waals surface area contributed by atoms with Gasteiger partial charge >= 0.3 is 0 Å². The van der Waals surface area contributed by atoms with Gasteiger partial charge in [-0.2, -0.15) is 0 Å². The lowest BCUT2D eigenvalue weighted by atomic mass is 10.1. The molecule has 1 aromatic heterocycles. The van der Waals surface area contributed by atoms with E-state index in [1.165, 1.54) is 0 Å². The summed E-state index contributed by atoms with van der Waals surface area (Å²) in [5.41, 5.74) is 0.958. The fourth-order valence-corrected chi connectivity index (χ4v) is 1.57. The zero-order valence-electron chi connectivity index (χ0n) is 9.06. The molecule has 82 valence electrons. The Morgan fingerprint density at radius 1 is 1.47 bits per heavy atom. The zero-order valence-corrected chi connectivity index (χ0v) is 9.06. The first kappa shape index (κ1) is 10.5. The molecule has 0 aliphatic carbocycles. The molecule has 2 heterocycles. The summed E-state index contributed by atoms with van der Waals surface area (Å²) in [6.45, 7) is 3.24. The summed E-state index contributed by atoms with van der Waals surface area (Å²) in [5.74, 6) is -0.651. The molecule has 4 heteroatoms. The van der Waals surface area contributed by atoms with Crippen molar-refractivity contribution in [3.05, 3.63) is 30.1 Å². The van der Waals surface area contributed by atoms with Crippen molar-refractivity contribution in [3.63, 3.8) is 0 Å². The van der Waals surface area contributed by atoms with Crippen LogP contribution >= 0.6 is 0 Å². The van der Waals surface area contributed by atoms with Crippen LogP contribution in [0.25, 0.3) is 0 Å². The molecule has 0 spiro atoms. The fourth-order valence-electron chi connectivity index (χ4n) is 1.57. The van der Waals surface area contributed by atoms with E-state index in [0.29, 0.717) is 13.2 Å². The third-order valence-electron chi connectivity index (χ3n) is 2.71. The minimum atomic E-state index is -0.651. The molecular weight excluding hydrogens is 192 g/mol. The number of hydrogen-bond acceptors (Lipinski definition) is 4. The molecule has 0 amide bonds. The van der Waals surface area contributed by atoms with Gasteiger partial charge in [0.1, 0.15) is 0 Å². The van der Waals surface area contributed by atoms with E-state index >= 15 is 0 Å². The van der Waals surface area contributed by atoms with Gasteiger partial charge in [0.25, 0.3) is 0 Å². The predicted octanol–water partition coefficient (Wildman–Crippen LogP) is 0.889. The monoisotopic (exact) mass is 208 g/mol. The fraction of sp³-hybridized carbons (Fsp3) is 0.545. The van der Waals surface area contributed by atoms with Crippen molar-refractivity contribution in [1.82, 2.24) is 10.3 Å². The summed E-state index contributed by atoms with van der Waals surface area (Å²) >= 11 is 0. The summed E-state index contributed by atoms with van der Waals surface area (Å²) in [6, 6.07) is 4.12. The van der Waals surface area contributed by atoms with Gasteiger partial charge in [-0.3, -0.25) is 4.98 Å². The lowest BCUT2D eigenvalue weighted by Gasteiger charge is -2.37. The van der Waals surface area contributed by atoms with Crippen LogP contribution in [0.2, 0.25) is 0 Å². The maximum Gasteiger partial charge on any atom is 0.193 e. The molecule has 15 heavy (non-hydrogen) atoms. The number of hydrogen-bond donors (Lipinski definition) is 1. The Kier molecular flexibility index (Phi) is 3.00. The number of rotatable bonds is 2. The minimum absolute atomic E-state index is 0.273. The van der Waals surface area contributed by atoms with Crippen molar-refractivity contribution in [2.75, 3.05) is 20.3 Å². The average molecular weight is 208 g/mol. The molecular formula is C11H16N2O2. The van der Waals surface area contributed by atoms with E-state index < -0.39 is 5.79 Å². The lowest BCUT2D eigenvalue weighted by molar-refractivity contribution is -0.272. The van der Waals surface area contributed by atoms with Crippen molar-refractivity contribution in [2.45, 2.75) is 18.8 Å². The number of likely N-dealkylation sites (N-methyl/N-ethyl adjacent to an activating group) is 1. The molecule has 0 radical (unpaired) electrons. The first-order valence-electron chi connectivity index (χ1n) is 5.10. The average Bonchev–Trinajstić information content (AvgIpc) is 2.31. The Bertz CT molecular complexity index is 308. The normalized spacial score (nSPS) is 31.5. The molecule has 2 rings (SSSR count). The largest absolute Gasteiger partial charge is 0.344 e. The highest BCUT2D eigenvalue weighted by Gasteiger charge is 2.34. The van der Waals surface area contributed by atoms with E-state index in [9.17, 15) is 0 Å². The molecule has 1 saturated heterocycles. The van der Waals surface area contributed by atoms with E-state index in [1.54, 1.807) is 12.4 Å². The molecule has 0 saturated carbocycles. The second kappa shape index (κ2) is 4.26. The first-order valence-corrected chi connectivity index (χ1v) is 5.10. The smallest absolute Gasteiger partial charge is 0.193 e. The van der Waals surface area contributed by atoms with Gasteiger partial charge in [0.2, 0.25) is 0 Å².